The molecule has 2 aliphatic heterocycles. The first-order valence-corrected chi connectivity index (χ1v) is 13.4. The first-order valence-electron chi connectivity index (χ1n) is 11.9. The molecule has 0 saturated carbocycles. The number of fused-ring (bicyclic) bond motifs is 1. The van der Waals surface area contributed by atoms with Gasteiger partial charge in [-0.3, -0.25) is 28.9 Å². The van der Waals surface area contributed by atoms with Crippen LogP contribution >= 0.6 is 46.4 Å². The Morgan fingerprint density at radius 1 is 0.875 bits per heavy atom. The summed E-state index contributed by atoms with van der Waals surface area (Å²) in [4.78, 5) is 64.1. The van der Waals surface area contributed by atoms with Crippen LogP contribution in [0.4, 0.5) is 0 Å². The van der Waals surface area contributed by atoms with Gasteiger partial charge in [0.15, 0.2) is 18.5 Å². The Kier molecular flexibility index (Phi) is 10.8. The summed E-state index contributed by atoms with van der Waals surface area (Å²) >= 11 is 24.9. The summed E-state index contributed by atoms with van der Waals surface area (Å²) in [5.41, 5.74) is -0.659. The maximum atomic E-state index is 13.7. The van der Waals surface area contributed by atoms with E-state index in [0.717, 1.165) is 20.8 Å². The van der Waals surface area contributed by atoms with Crippen molar-refractivity contribution in [1.82, 2.24) is 4.90 Å². The summed E-state index contributed by atoms with van der Waals surface area (Å²) < 4.78 is 27.9. The molecule has 1 aromatic carbocycles. The average molecular weight is 641 g/mol. The molecule has 0 spiro atoms. The van der Waals surface area contributed by atoms with Crippen LogP contribution in [-0.2, 0) is 38.1 Å². The van der Waals surface area contributed by atoms with Crippen molar-refractivity contribution in [3.05, 3.63) is 43.9 Å². The van der Waals surface area contributed by atoms with Crippen molar-refractivity contribution in [2.24, 2.45) is 0 Å². The number of hydrogen-bond acceptors (Lipinski definition) is 10. The van der Waals surface area contributed by atoms with Gasteiger partial charge in [-0.2, -0.15) is 0 Å². The average Bonchev–Trinajstić information content (AvgIpc) is 3.13. The highest BCUT2D eigenvalue weighted by Gasteiger charge is 2.58. The lowest BCUT2D eigenvalue weighted by Gasteiger charge is -2.47. The van der Waals surface area contributed by atoms with E-state index in [2.05, 4.69) is 6.58 Å². The molecule has 0 radical (unpaired) electrons. The highest BCUT2D eigenvalue weighted by molar-refractivity contribution is 6.55. The van der Waals surface area contributed by atoms with Crippen molar-refractivity contribution < 1.29 is 47.7 Å². The van der Waals surface area contributed by atoms with Gasteiger partial charge in [0.05, 0.1) is 37.8 Å². The highest BCUT2D eigenvalue weighted by atomic mass is 35.5. The number of halogens is 4. The van der Waals surface area contributed by atoms with E-state index in [1.165, 1.54) is 0 Å². The Bertz CT molecular complexity index is 1190. The van der Waals surface area contributed by atoms with Crippen LogP contribution in [0.1, 0.15) is 54.3 Å². The lowest BCUT2D eigenvalue weighted by atomic mass is 9.94. The summed E-state index contributed by atoms with van der Waals surface area (Å²) in [5, 5.41) is -1.13. The molecular weight excluding hydrogens is 616 g/mol. The Morgan fingerprint density at radius 2 is 1.40 bits per heavy atom. The van der Waals surface area contributed by atoms with Crippen molar-refractivity contribution in [3.8, 4) is 0 Å². The van der Waals surface area contributed by atoms with Crippen molar-refractivity contribution in [1.29, 1.82) is 0 Å². The first-order chi connectivity index (χ1) is 18.8. The topological polar surface area (TPSA) is 135 Å². The number of carbonyl (C=O) groups excluding carboxylic acids is 5. The molecule has 3 rings (SSSR count). The van der Waals surface area contributed by atoms with Crippen LogP contribution in [0.2, 0.25) is 20.1 Å². The first kappa shape index (κ1) is 32.1. The van der Waals surface area contributed by atoms with Crippen LogP contribution < -0.4 is 0 Å². The second kappa shape index (κ2) is 13.5. The fraction of sp³-hybridized carbons (Fsp3) is 0.480. The standard InChI is InChI=1S/C25H25Cl4NO10/c1-5-6-7-8-36-25-20(30-23(34)14-15(24(30)35)17(27)19(29)18(28)16(14)26)22(39-12(4)33)21(38-11(3)32)13(40-25)9-37-10(2)31/h5,13,20-22,25H,1,6-9H2,2-4H3/t13-,20-,21-,22-,25-/m1/s1. The van der Waals surface area contributed by atoms with E-state index >= 15 is 0 Å². The number of allylic oxidation sites excluding steroid dienone is 1. The van der Waals surface area contributed by atoms with Crippen molar-refractivity contribution in [2.45, 2.75) is 64.3 Å². The van der Waals surface area contributed by atoms with Gasteiger partial charge in [0.2, 0.25) is 0 Å². The number of nitrogens with zero attached hydrogens (tertiary/aromatic N) is 1. The number of imide groups is 1. The Hall–Kier alpha value is -2.41. The summed E-state index contributed by atoms with van der Waals surface area (Å²) in [6.45, 7) is 6.59. The van der Waals surface area contributed by atoms with Gasteiger partial charge in [-0.05, 0) is 12.8 Å². The molecule has 15 heteroatoms. The van der Waals surface area contributed by atoms with Gasteiger partial charge in [-0.25, -0.2) is 0 Å². The van der Waals surface area contributed by atoms with Crippen LogP contribution in [0.3, 0.4) is 0 Å². The molecule has 2 aliphatic rings. The van der Waals surface area contributed by atoms with Gasteiger partial charge in [0, 0.05) is 20.8 Å². The molecule has 2 heterocycles. The van der Waals surface area contributed by atoms with Crippen LogP contribution in [0.5, 0.6) is 0 Å². The van der Waals surface area contributed by atoms with Gasteiger partial charge in [0.1, 0.15) is 18.8 Å². The summed E-state index contributed by atoms with van der Waals surface area (Å²) in [5.74, 6) is -4.25. The molecule has 1 saturated heterocycles. The molecule has 0 N–H and O–H groups in total. The predicted molar refractivity (Wildman–Crippen MR) is 143 cm³/mol. The van der Waals surface area contributed by atoms with Crippen LogP contribution in [0, 0.1) is 0 Å². The summed E-state index contributed by atoms with van der Waals surface area (Å²) in [6, 6.07) is -1.53. The number of hydrogen-bond donors (Lipinski definition) is 0. The minimum Gasteiger partial charge on any atom is -0.463 e. The zero-order valence-electron chi connectivity index (χ0n) is 21.5. The van der Waals surface area contributed by atoms with Gasteiger partial charge in [-0.15, -0.1) is 6.58 Å². The number of rotatable bonds is 10. The Balaban J connectivity index is 2.17. The predicted octanol–water partition coefficient (Wildman–Crippen LogP) is 4.40. The van der Waals surface area contributed by atoms with E-state index in [1.54, 1.807) is 6.08 Å². The molecule has 5 atom stereocenters. The molecule has 0 aromatic heterocycles. The van der Waals surface area contributed by atoms with Gasteiger partial charge in [-0.1, -0.05) is 52.5 Å². The lowest BCUT2D eigenvalue weighted by Crippen LogP contribution is -2.67. The third-order valence-corrected chi connectivity index (χ3v) is 7.74. The number of ether oxygens (including phenoxy) is 5. The van der Waals surface area contributed by atoms with Crippen LogP contribution in [0.15, 0.2) is 12.7 Å². The zero-order chi connectivity index (χ0) is 29.9. The third kappa shape index (κ3) is 6.56. The SMILES string of the molecule is C=CCCCO[C@@H]1O[C@H](COC(C)=O)[C@@H](OC(C)=O)[C@H](OC(C)=O)[C@H]1N1C(=O)c2c(Cl)c(Cl)c(Cl)c(Cl)c2C1=O. The summed E-state index contributed by atoms with van der Waals surface area (Å²) in [6.07, 6.45) is -2.95. The fourth-order valence-corrected chi connectivity index (χ4v) is 5.37. The quantitative estimate of drug-likeness (QED) is 0.0689. The molecule has 40 heavy (non-hydrogen) atoms. The van der Waals surface area contributed by atoms with Gasteiger partial charge >= 0.3 is 17.9 Å². The number of benzene rings is 1. The maximum absolute atomic E-state index is 13.7. The number of unbranched alkanes of at least 4 members (excludes halogenated alkanes) is 1. The highest BCUT2D eigenvalue weighted by Crippen LogP contribution is 2.46. The summed E-state index contributed by atoms with van der Waals surface area (Å²) in [7, 11) is 0. The van der Waals surface area contributed by atoms with Crippen LogP contribution in [-0.4, -0.2) is 78.5 Å². The van der Waals surface area contributed by atoms with E-state index < -0.39 is 67.0 Å². The smallest absolute Gasteiger partial charge is 0.303 e. The molecule has 218 valence electrons. The number of carbonyl (C=O) groups is 5. The minimum absolute atomic E-state index is 0.0564. The minimum atomic E-state index is -1.54. The molecule has 0 bridgehead atoms. The normalized spacial score (nSPS) is 24.0. The molecule has 11 nitrogen and oxygen atoms in total. The third-order valence-electron chi connectivity index (χ3n) is 5.93. The Morgan fingerprint density at radius 3 is 1.88 bits per heavy atom. The molecule has 1 fully saturated rings. The molecule has 1 aromatic rings. The van der Waals surface area contributed by atoms with E-state index in [0.29, 0.717) is 17.7 Å². The molecule has 0 unspecified atom stereocenters. The van der Waals surface area contributed by atoms with Crippen LogP contribution in [0.25, 0.3) is 0 Å². The van der Waals surface area contributed by atoms with Crippen molar-refractivity contribution in [3.63, 3.8) is 0 Å². The zero-order valence-corrected chi connectivity index (χ0v) is 24.6. The fourth-order valence-electron chi connectivity index (χ4n) is 4.36. The van der Waals surface area contributed by atoms with E-state index in [-0.39, 0.29) is 37.8 Å². The van der Waals surface area contributed by atoms with Gasteiger partial charge < -0.3 is 23.7 Å². The van der Waals surface area contributed by atoms with Gasteiger partial charge in [0.25, 0.3) is 11.8 Å². The number of esters is 3. The second-order valence-corrected chi connectivity index (χ2v) is 10.3. The van der Waals surface area contributed by atoms with E-state index in [4.69, 9.17) is 70.1 Å². The monoisotopic (exact) mass is 639 g/mol. The van der Waals surface area contributed by atoms with E-state index in [1.807, 2.05) is 0 Å². The van der Waals surface area contributed by atoms with Crippen molar-refractivity contribution in [2.75, 3.05) is 13.2 Å². The molecule has 2 amide bonds. The molecule has 0 aliphatic carbocycles. The molecular formula is C25H25Cl4NO10. The van der Waals surface area contributed by atoms with Crippen molar-refractivity contribution >= 4 is 76.1 Å². The van der Waals surface area contributed by atoms with E-state index in [9.17, 15) is 24.0 Å². The largest absolute Gasteiger partial charge is 0.463 e. The lowest BCUT2D eigenvalue weighted by molar-refractivity contribution is -0.286. The Labute approximate surface area is 249 Å². The maximum Gasteiger partial charge on any atom is 0.303 e. The second-order valence-electron chi connectivity index (χ2n) is 8.77. The number of amides is 2.